The number of anilines is 1. The Bertz CT molecular complexity index is 1250. The second kappa shape index (κ2) is 13.0. The van der Waals surface area contributed by atoms with Gasteiger partial charge in [-0.3, -0.25) is 4.79 Å². The van der Waals surface area contributed by atoms with Gasteiger partial charge in [-0.1, -0.05) is 48.5 Å². The van der Waals surface area contributed by atoms with Gasteiger partial charge in [0, 0.05) is 5.69 Å². The quantitative estimate of drug-likeness (QED) is 0.179. The van der Waals surface area contributed by atoms with Crippen molar-refractivity contribution in [2.45, 2.75) is 49.5 Å². The number of nitrogens with zero attached hydrogens (tertiary/aromatic N) is 1. The third kappa shape index (κ3) is 6.58. The minimum atomic E-state index is -1.55. The highest BCUT2D eigenvalue weighted by Crippen LogP contribution is 2.46. The summed E-state index contributed by atoms with van der Waals surface area (Å²) in [5, 5.41) is 58.7. The van der Waals surface area contributed by atoms with Gasteiger partial charge in [0.1, 0.15) is 17.5 Å². The molecule has 8 nitrogen and oxygen atoms in total. The third-order valence-electron chi connectivity index (χ3n) is 7.74. The van der Waals surface area contributed by atoms with E-state index in [1.165, 1.54) is 24.3 Å². The maximum atomic E-state index is 13.4. The van der Waals surface area contributed by atoms with Crippen LogP contribution in [0.5, 0.6) is 0 Å². The Balaban J connectivity index is 1.54. The summed E-state index contributed by atoms with van der Waals surface area (Å²) in [6, 6.07) is 19.7. The summed E-state index contributed by atoms with van der Waals surface area (Å²) in [5.74, 6) is -0.900. The smallest absolute Gasteiger partial charge is 0.233 e. The van der Waals surface area contributed by atoms with Crippen LogP contribution in [0.15, 0.2) is 72.8 Å². The Morgan fingerprint density at radius 3 is 1.98 bits per heavy atom. The fourth-order valence-electron chi connectivity index (χ4n) is 5.12. The second-order valence-electron chi connectivity index (χ2n) is 10.5. The van der Waals surface area contributed by atoms with E-state index >= 15 is 0 Å². The molecule has 0 saturated carbocycles. The van der Waals surface area contributed by atoms with E-state index < -0.39 is 43.5 Å². The molecule has 1 saturated heterocycles. The van der Waals surface area contributed by atoms with Gasteiger partial charge in [-0.15, -0.1) is 0 Å². The molecule has 1 heterocycles. The van der Waals surface area contributed by atoms with Crippen molar-refractivity contribution < 1.29 is 39.8 Å². The number of halogens is 1. The zero-order chi connectivity index (χ0) is 28.9. The molecule has 4 atom stereocenters. The average molecular weight is 554 g/mol. The van der Waals surface area contributed by atoms with Crippen molar-refractivity contribution in [3.63, 3.8) is 0 Å². The first-order chi connectivity index (χ1) is 19.2. The zero-order valence-electron chi connectivity index (χ0n) is 22.1. The van der Waals surface area contributed by atoms with E-state index in [0.717, 1.165) is 11.1 Å². The molecule has 0 bridgehead atoms. The summed E-state index contributed by atoms with van der Waals surface area (Å²) in [4.78, 5) is 15.1. The molecule has 1 aliphatic heterocycles. The van der Waals surface area contributed by atoms with Crippen LogP contribution in [-0.2, 0) is 11.2 Å². The number of carbonyl (C=O) groups is 1. The normalized spacial score (nSPS) is 18.9. The molecule has 9 heteroatoms. The summed E-state index contributed by atoms with van der Waals surface area (Å²) >= 11 is 0. The monoisotopic (exact) mass is 553 g/mol. The fourth-order valence-corrected chi connectivity index (χ4v) is 5.12. The van der Waals surface area contributed by atoms with Gasteiger partial charge in [0.05, 0.1) is 37.9 Å². The molecule has 40 heavy (non-hydrogen) atoms. The van der Waals surface area contributed by atoms with Crippen LogP contribution in [0.25, 0.3) is 0 Å². The highest BCUT2D eigenvalue weighted by molar-refractivity contribution is 6.03. The van der Waals surface area contributed by atoms with Crippen LogP contribution in [-0.4, -0.2) is 62.0 Å². The number of benzene rings is 3. The van der Waals surface area contributed by atoms with Gasteiger partial charge in [-0.25, -0.2) is 4.39 Å². The van der Waals surface area contributed by atoms with Gasteiger partial charge >= 0.3 is 0 Å². The highest BCUT2D eigenvalue weighted by Gasteiger charge is 2.48. The first-order valence-corrected chi connectivity index (χ1v) is 13.4. The molecule has 214 valence electrons. The van der Waals surface area contributed by atoms with Crippen molar-refractivity contribution in [3.8, 4) is 0 Å². The summed E-state index contributed by atoms with van der Waals surface area (Å²) in [6.07, 6.45) is -0.522. The highest BCUT2D eigenvalue weighted by atomic mass is 19.1. The van der Waals surface area contributed by atoms with E-state index in [-0.39, 0.29) is 24.2 Å². The van der Waals surface area contributed by atoms with E-state index in [0.29, 0.717) is 36.1 Å². The molecule has 4 rings (SSSR count). The van der Waals surface area contributed by atoms with Crippen LogP contribution >= 0.6 is 0 Å². The molecule has 1 aliphatic rings. The van der Waals surface area contributed by atoms with Gasteiger partial charge in [-0.05, 0) is 72.2 Å². The van der Waals surface area contributed by atoms with Gasteiger partial charge < -0.3 is 35.5 Å². The van der Waals surface area contributed by atoms with Crippen molar-refractivity contribution >= 4 is 11.6 Å². The van der Waals surface area contributed by atoms with Crippen molar-refractivity contribution in [1.29, 1.82) is 0 Å². The average Bonchev–Trinajstić information content (AvgIpc) is 2.99. The third-order valence-corrected chi connectivity index (χ3v) is 7.74. The lowest BCUT2D eigenvalue weighted by atomic mass is 9.78. The van der Waals surface area contributed by atoms with Gasteiger partial charge in [0.15, 0.2) is 0 Å². The van der Waals surface area contributed by atoms with Crippen LogP contribution < -0.4 is 4.90 Å². The summed E-state index contributed by atoms with van der Waals surface area (Å²) in [6.45, 7) is -1.50. The topological polar surface area (TPSA) is 142 Å². The van der Waals surface area contributed by atoms with E-state index in [9.17, 15) is 39.8 Å². The number of aliphatic hydroxyl groups excluding tert-OH is 5. The van der Waals surface area contributed by atoms with E-state index in [2.05, 4.69) is 0 Å². The predicted octanol–water partition coefficient (Wildman–Crippen LogP) is 2.72. The number of carbonyl (C=O) groups excluding carboxylic acids is 1. The molecular formula is C31H36FNO7. The lowest BCUT2D eigenvalue weighted by Gasteiger charge is -2.48. The zero-order valence-corrected chi connectivity index (χ0v) is 22.1. The van der Waals surface area contributed by atoms with Gasteiger partial charge in [0.25, 0.3) is 0 Å². The maximum Gasteiger partial charge on any atom is 0.233 e. The predicted molar refractivity (Wildman–Crippen MR) is 147 cm³/mol. The molecular weight excluding hydrogens is 517 g/mol. The van der Waals surface area contributed by atoms with Crippen LogP contribution in [0, 0.1) is 11.7 Å². The SMILES string of the molecule is O=C1[C@H](CC[C@H](O)c2ccc(F)cc2)[C@@H](c2ccc(CCC(O)(CO)CO)cc2)N1c1ccc(C(O)CO)cc1. The molecule has 0 spiro atoms. The molecule has 3 aromatic rings. The second-order valence-corrected chi connectivity index (χ2v) is 10.5. The van der Waals surface area contributed by atoms with Crippen molar-refractivity contribution in [3.05, 3.63) is 101 Å². The van der Waals surface area contributed by atoms with E-state index in [1.807, 2.05) is 24.3 Å². The van der Waals surface area contributed by atoms with E-state index in [4.69, 9.17) is 0 Å². The number of amides is 1. The van der Waals surface area contributed by atoms with Crippen LogP contribution in [0.1, 0.15) is 59.8 Å². The number of hydrogen-bond donors (Lipinski definition) is 6. The molecule has 3 aromatic carbocycles. The Labute approximate surface area is 232 Å². The minimum Gasteiger partial charge on any atom is -0.393 e. The maximum absolute atomic E-state index is 13.4. The lowest BCUT2D eigenvalue weighted by molar-refractivity contribution is -0.131. The number of rotatable bonds is 13. The van der Waals surface area contributed by atoms with Crippen LogP contribution in [0.4, 0.5) is 10.1 Å². The minimum absolute atomic E-state index is 0.105. The molecule has 1 amide bonds. The first kappa shape index (κ1) is 29.8. The number of aliphatic hydroxyl groups is 6. The van der Waals surface area contributed by atoms with E-state index in [1.54, 1.807) is 29.2 Å². The Hall–Kier alpha value is -3.18. The Morgan fingerprint density at radius 1 is 0.825 bits per heavy atom. The van der Waals surface area contributed by atoms with Crippen molar-refractivity contribution in [2.75, 3.05) is 24.7 Å². The number of β-lactam (4-membered cyclic amide) rings is 1. The molecule has 1 unspecified atom stereocenters. The van der Waals surface area contributed by atoms with Crippen molar-refractivity contribution in [2.24, 2.45) is 5.92 Å². The molecule has 0 aromatic heterocycles. The van der Waals surface area contributed by atoms with Crippen molar-refractivity contribution in [1.82, 2.24) is 0 Å². The number of aryl methyl sites for hydroxylation is 1. The molecule has 1 fully saturated rings. The first-order valence-electron chi connectivity index (χ1n) is 13.4. The van der Waals surface area contributed by atoms with Gasteiger partial charge in [-0.2, -0.15) is 0 Å². The largest absolute Gasteiger partial charge is 0.393 e. The lowest BCUT2D eigenvalue weighted by Crippen LogP contribution is -2.55. The molecule has 0 aliphatic carbocycles. The van der Waals surface area contributed by atoms with Crippen LogP contribution in [0.2, 0.25) is 0 Å². The molecule has 6 N–H and O–H groups in total. The number of hydrogen-bond acceptors (Lipinski definition) is 7. The van der Waals surface area contributed by atoms with Crippen LogP contribution in [0.3, 0.4) is 0 Å². The standard InChI is InChI=1S/C31H36FNO7/c32-24-9-5-21(6-10-24)27(37)14-13-26-29(23-3-1-20(2-4-23)15-16-31(40,18-35)19-36)33(30(26)39)25-11-7-22(8-12-25)28(38)17-34/h1-12,26-29,34-38,40H,13-19H2/t26-,27+,28?,29-/m1/s1. The summed E-state index contributed by atoms with van der Waals surface area (Å²) in [5.41, 5.74) is 1.97. The summed E-state index contributed by atoms with van der Waals surface area (Å²) < 4.78 is 13.3. The Kier molecular flexibility index (Phi) is 9.68. The molecule has 0 radical (unpaired) electrons. The van der Waals surface area contributed by atoms with Gasteiger partial charge in [0.2, 0.25) is 5.91 Å². The Morgan fingerprint density at radius 2 is 1.40 bits per heavy atom. The fraction of sp³-hybridized carbons (Fsp3) is 0.387. The summed E-state index contributed by atoms with van der Waals surface area (Å²) in [7, 11) is 0.